The largest absolute Gasteiger partial charge is 0.466 e. The second-order valence-corrected chi connectivity index (χ2v) is 3.03. The minimum Gasteiger partial charge on any atom is -0.466 e. The van der Waals surface area contributed by atoms with Gasteiger partial charge in [-0.25, -0.2) is 4.79 Å². The average Bonchev–Trinajstić information content (AvgIpc) is 2.01. The summed E-state index contributed by atoms with van der Waals surface area (Å²) in [6.07, 6.45) is 1.79. The molecule has 4 heteroatoms. The standard InChI is InChI=1S/C6H12O3S/c1-6(9-3,10-4)5(7)8-2/h1-4H3/t6-/m1/s1. The van der Waals surface area contributed by atoms with Crippen LogP contribution in [0, 0.1) is 0 Å². The van der Waals surface area contributed by atoms with E-state index in [1.807, 2.05) is 0 Å². The van der Waals surface area contributed by atoms with Crippen molar-refractivity contribution in [2.75, 3.05) is 20.5 Å². The third kappa shape index (κ3) is 1.88. The van der Waals surface area contributed by atoms with Crippen molar-refractivity contribution in [2.45, 2.75) is 11.9 Å². The summed E-state index contributed by atoms with van der Waals surface area (Å²) in [7, 11) is 2.82. The summed E-state index contributed by atoms with van der Waals surface area (Å²) in [5.74, 6) is -0.359. The summed E-state index contributed by atoms with van der Waals surface area (Å²) in [5, 5.41) is 0. The van der Waals surface area contributed by atoms with Crippen LogP contribution in [0.4, 0.5) is 0 Å². The Kier molecular flexibility index (Phi) is 3.75. The van der Waals surface area contributed by atoms with Crippen LogP contribution in [0.5, 0.6) is 0 Å². The van der Waals surface area contributed by atoms with Gasteiger partial charge in [0, 0.05) is 7.11 Å². The third-order valence-electron chi connectivity index (χ3n) is 1.34. The van der Waals surface area contributed by atoms with Crippen molar-refractivity contribution in [3.8, 4) is 0 Å². The molecular weight excluding hydrogens is 152 g/mol. The third-order valence-corrected chi connectivity index (χ3v) is 2.45. The number of methoxy groups -OCH3 is 2. The fourth-order valence-electron chi connectivity index (χ4n) is 0.435. The number of esters is 1. The molecule has 1 atom stereocenters. The lowest BCUT2D eigenvalue weighted by Crippen LogP contribution is -2.34. The van der Waals surface area contributed by atoms with Crippen molar-refractivity contribution in [1.82, 2.24) is 0 Å². The van der Waals surface area contributed by atoms with E-state index in [2.05, 4.69) is 4.74 Å². The van der Waals surface area contributed by atoms with Gasteiger partial charge in [0.1, 0.15) is 0 Å². The number of thioether (sulfide) groups is 1. The maximum atomic E-state index is 10.9. The summed E-state index contributed by atoms with van der Waals surface area (Å²) >= 11 is 1.31. The number of hydrogen-bond acceptors (Lipinski definition) is 4. The summed E-state index contributed by atoms with van der Waals surface area (Å²) in [5.41, 5.74) is 0. The molecule has 0 radical (unpaired) electrons. The van der Waals surface area contributed by atoms with Crippen LogP contribution < -0.4 is 0 Å². The Morgan fingerprint density at radius 3 is 2.10 bits per heavy atom. The van der Waals surface area contributed by atoms with E-state index in [0.717, 1.165) is 0 Å². The topological polar surface area (TPSA) is 35.5 Å². The SMILES string of the molecule is COC(=O)[C@](C)(OC)SC. The van der Waals surface area contributed by atoms with Crippen molar-refractivity contribution in [1.29, 1.82) is 0 Å². The van der Waals surface area contributed by atoms with Crippen LogP contribution in [0.25, 0.3) is 0 Å². The molecule has 0 spiro atoms. The van der Waals surface area contributed by atoms with Crippen molar-refractivity contribution >= 4 is 17.7 Å². The summed E-state index contributed by atoms with van der Waals surface area (Å²) < 4.78 is 9.44. The van der Waals surface area contributed by atoms with Crippen LogP contribution in [-0.4, -0.2) is 31.4 Å². The monoisotopic (exact) mass is 164 g/mol. The predicted molar refractivity (Wildman–Crippen MR) is 40.9 cm³/mol. The van der Waals surface area contributed by atoms with Gasteiger partial charge in [0.15, 0.2) is 0 Å². The van der Waals surface area contributed by atoms with Gasteiger partial charge in [0.05, 0.1) is 7.11 Å². The lowest BCUT2D eigenvalue weighted by molar-refractivity contribution is -0.154. The summed E-state index contributed by atoms with van der Waals surface area (Å²) in [6.45, 7) is 1.67. The van der Waals surface area contributed by atoms with Gasteiger partial charge in [0.25, 0.3) is 0 Å². The minimum absolute atomic E-state index is 0.359. The Hall–Kier alpha value is -0.220. The first kappa shape index (κ1) is 9.78. The Morgan fingerprint density at radius 1 is 1.50 bits per heavy atom. The van der Waals surface area contributed by atoms with E-state index in [1.165, 1.54) is 26.0 Å². The van der Waals surface area contributed by atoms with E-state index in [9.17, 15) is 4.79 Å². The first-order valence-electron chi connectivity index (χ1n) is 2.79. The van der Waals surface area contributed by atoms with Crippen LogP contribution in [0.3, 0.4) is 0 Å². The number of ether oxygens (including phenoxy) is 2. The highest BCUT2D eigenvalue weighted by atomic mass is 32.2. The molecule has 0 saturated carbocycles. The average molecular weight is 164 g/mol. The maximum Gasteiger partial charge on any atom is 0.348 e. The van der Waals surface area contributed by atoms with Gasteiger partial charge < -0.3 is 9.47 Å². The number of carbonyl (C=O) groups excluding carboxylic acids is 1. The molecule has 3 nitrogen and oxygen atoms in total. The zero-order chi connectivity index (χ0) is 8.20. The smallest absolute Gasteiger partial charge is 0.348 e. The van der Waals surface area contributed by atoms with Crippen LogP contribution in [0.1, 0.15) is 6.92 Å². The molecule has 0 bridgehead atoms. The van der Waals surface area contributed by atoms with E-state index >= 15 is 0 Å². The molecule has 0 saturated heterocycles. The van der Waals surface area contributed by atoms with Gasteiger partial charge in [0.2, 0.25) is 4.93 Å². The van der Waals surface area contributed by atoms with Crippen LogP contribution in [0.15, 0.2) is 0 Å². The number of rotatable bonds is 3. The molecule has 0 aliphatic carbocycles. The number of hydrogen-bond donors (Lipinski definition) is 0. The molecule has 0 aromatic rings. The van der Waals surface area contributed by atoms with Crippen molar-refractivity contribution < 1.29 is 14.3 Å². The minimum atomic E-state index is -0.852. The first-order valence-corrected chi connectivity index (χ1v) is 4.02. The maximum absolute atomic E-state index is 10.9. The highest BCUT2D eigenvalue weighted by Gasteiger charge is 2.32. The quantitative estimate of drug-likeness (QED) is 0.458. The molecule has 0 N–H and O–H groups in total. The highest BCUT2D eigenvalue weighted by molar-refractivity contribution is 8.00. The molecule has 0 aliphatic rings. The second-order valence-electron chi connectivity index (χ2n) is 1.85. The number of carbonyl (C=O) groups is 1. The Morgan fingerprint density at radius 2 is 2.00 bits per heavy atom. The Bertz CT molecular complexity index is 120. The van der Waals surface area contributed by atoms with E-state index in [0.29, 0.717) is 0 Å². The second kappa shape index (κ2) is 3.83. The molecule has 0 aliphatic heterocycles. The zero-order valence-electron chi connectivity index (χ0n) is 6.63. The molecule has 0 unspecified atom stereocenters. The zero-order valence-corrected chi connectivity index (χ0v) is 7.45. The van der Waals surface area contributed by atoms with Crippen molar-refractivity contribution in [3.05, 3.63) is 0 Å². The predicted octanol–water partition coefficient (Wildman–Crippen LogP) is 0.885. The Labute approximate surface area is 65.1 Å². The lowest BCUT2D eigenvalue weighted by Gasteiger charge is -2.21. The normalized spacial score (nSPS) is 16.0. The van der Waals surface area contributed by atoms with E-state index in [1.54, 1.807) is 13.2 Å². The van der Waals surface area contributed by atoms with E-state index < -0.39 is 4.93 Å². The van der Waals surface area contributed by atoms with Crippen molar-refractivity contribution in [2.24, 2.45) is 0 Å². The molecule has 0 amide bonds. The molecule has 0 aromatic carbocycles. The molecule has 0 aromatic heterocycles. The van der Waals surface area contributed by atoms with Gasteiger partial charge in [-0.05, 0) is 13.2 Å². The fourth-order valence-corrected chi connectivity index (χ4v) is 0.852. The van der Waals surface area contributed by atoms with Crippen molar-refractivity contribution in [3.63, 3.8) is 0 Å². The van der Waals surface area contributed by atoms with Gasteiger partial charge >= 0.3 is 5.97 Å². The lowest BCUT2D eigenvalue weighted by atomic mass is 10.4. The Balaban J connectivity index is 4.17. The van der Waals surface area contributed by atoms with Gasteiger partial charge in [-0.15, -0.1) is 11.8 Å². The van der Waals surface area contributed by atoms with Gasteiger partial charge in [-0.3, -0.25) is 0 Å². The fraction of sp³-hybridized carbons (Fsp3) is 0.833. The highest BCUT2D eigenvalue weighted by Crippen LogP contribution is 2.23. The molecule has 0 heterocycles. The van der Waals surface area contributed by atoms with Gasteiger partial charge in [-0.1, -0.05) is 0 Å². The molecular formula is C6H12O3S. The van der Waals surface area contributed by atoms with E-state index in [4.69, 9.17) is 4.74 Å². The summed E-state index contributed by atoms with van der Waals surface area (Å²) in [4.78, 5) is 10.1. The van der Waals surface area contributed by atoms with Crippen LogP contribution in [0.2, 0.25) is 0 Å². The molecule has 60 valence electrons. The summed E-state index contributed by atoms with van der Waals surface area (Å²) in [6, 6.07) is 0. The van der Waals surface area contributed by atoms with E-state index in [-0.39, 0.29) is 5.97 Å². The van der Waals surface area contributed by atoms with Crippen LogP contribution in [-0.2, 0) is 14.3 Å². The molecule has 0 rings (SSSR count). The van der Waals surface area contributed by atoms with Crippen LogP contribution >= 0.6 is 11.8 Å². The van der Waals surface area contributed by atoms with Gasteiger partial charge in [-0.2, -0.15) is 0 Å². The molecule has 0 fully saturated rings. The first-order chi connectivity index (χ1) is 4.60. The molecule has 10 heavy (non-hydrogen) atoms.